The third kappa shape index (κ3) is 5.11. The number of para-hydroxylation sites is 2. The second kappa shape index (κ2) is 11.0. The number of methoxy groups -OCH3 is 1. The zero-order valence-corrected chi connectivity index (χ0v) is 24.6. The van der Waals surface area contributed by atoms with Crippen LogP contribution in [0.4, 0.5) is 11.4 Å². The number of nitrogens with zero attached hydrogens (tertiary/aromatic N) is 1. The Morgan fingerprint density at radius 3 is 2.12 bits per heavy atom. The lowest BCUT2D eigenvalue weighted by Crippen LogP contribution is -2.38. The third-order valence-electron chi connectivity index (χ3n) is 8.41. The third-order valence-corrected chi connectivity index (χ3v) is 8.41. The molecule has 2 unspecified atom stereocenters. The number of ketones is 1. The molecule has 1 heterocycles. The summed E-state index contributed by atoms with van der Waals surface area (Å²) in [5.74, 6) is 0.708. The first-order valence-corrected chi connectivity index (χ1v) is 14.5. The lowest BCUT2D eigenvalue weighted by Gasteiger charge is -2.35. The molecule has 0 radical (unpaired) electrons. The van der Waals surface area contributed by atoms with Crippen LogP contribution in [0.15, 0.2) is 114 Å². The van der Waals surface area contributed by atoms with Crippen LogP contribution >= 0.6 is 0 Å². The summed E-state index contributed by atoms with van der Waals surface area (Å²) in [6.07, 6.45) is 1.03. The summed E-state index contributed by atoms with van der Waals surface area (Å²) in [7, 11) is 1.65. The minimum Gasteiger partial charge on any atom is -0.497 e. The maximum absolute atomic E-state index is 14.4. The molecule has 0 saturated heterocycles. The van der Waals surface area contributed by atoms with Crippen LogP contribution in [0.25, 0.3) is 0 Å². The number of hydrogen-bond acceptors (Lipinski definition) is 4. The number of carbonyl (C=O) groups is 2. The van der Waals surface area contributed by atoms with Crippen molar-refractivity contribution >= 4 is 23.1 Å². The molecule has 0 fully saturated rings. The second-order valence-electron chi connectivity index (χ2n) is 12.2. The van der Waals surface area contributed by atoms with E-state index in [1.807, 2.05) is 83.8 Å². The number of fused-ring (bicyclic) bond motifs is 1. The number of rotatable bonds is 4. The fraction of sp³-hybridized carbons (Fsp3) is 0.243. The van der Waals surface area contributed by atoms with E-state index in [-0.39, 0.29) is 23.0 Å². The first-order chi connectivity index (χ1) is 20.2. The number of anilines is 2. The van der Waals surface area contributed by atoms with Crippen LogP contribution in [-0.2, 0) is 10.2 Å². The van der Waals surface area contributed by atoms with E-state index in [4.69, 9.17) is 4.74 Å². The molecule has 4 aromatic rings. The molecular weight excluding hydrogens is 520 g/mol. The summed E-state index contributed by atoms with van der Waals surface area (Å²) in [5, 5.41) is 3.63. The maximum Gasteiger partial charge on any atom is 0.259 e. The number of ether oxygens (including phenoxy) is 1. The summed E-state index contributed by atoms with van der Waals surface area (Å²) in [5.41, 5.74) is 6.84. The van der Waals surface area contributed by atoms with Crippen molar-refractivity contribution < 1.29 is 14.3 Å². The van der Waals surface area contributed by atoms with Crippen LogP contribution < -0.4 is 15.0 Å². The number of hydrogen-bond donors (Lipinski definition) is 1. The Labute approximate surface area is 247 Å². The molecule has 6 rings (SSSR count). The van der Waals surface area contributed by atoms with Gasteiger partial charge >= 0.3 is 0 Å². The quantitative estimate of drug-likeness (QED) is 0.275. The zero-order chi connectivity index (χ0) is 29.4. The summed E-state index contributed by atoms with van der Waals surface area (Å²) in [4.78, 5) is 30.5. The van der Waals surface area contributed by atoms with Crippen LogP contribution in [0.5, 0.6) is 5.75 Å². The Kier molecular flexibility index (Phi) is 7.19. The highest BCUT2D eigenvalue weighted by molar-refractivity contribution is 6.12. The molecule has 1 aliphatic heterocycles. The molecule has 1 N–H and O–H groups in total. The van der Waals surface area contributed by atoms with Crippen molar-refractivity contribution in [2.75, 3.05) is 17.3 Å². The fourth-order valence-corrected chi connectivity index (χ4v) is 6.13. The zero-order valence-electron chi connectivity index (χ0n) is 24.6. The van der Waals surface area contributed by atoms with Gasteiger partial charge in [0.1, 0.15) is 5.75 Å². The molecule has 4 aromatic carbocycles. The standard InChI is InChI=1S/C37H36N2O3/c1-37(2,3)28-18-14-25(15-19-28)35-34-31(22-27(23-33(34)40)24-16-20-29(42-4)21-17-24)38-30-12-8-9-13-32(30)39(35)36(41)26-10-6-5-7-11-26/h5-21,27,35,38H,22-23H2,1-4H3. The lowest BCUT2D eigenvalue weighted by atomic mass is 9.77. The first kappa shape index (κ1) is 27.5. The lowest BCUT2D eigenvalue weighted by molar-refractivity contribution is -0.116. The van der Waals surface area contributed by atoms with Crippen LogP contribution in [-0.4, -0.2) is 18.8 Å². The van der Waals surface area contributed by atoms with Crippen molar-refractivity contribution in [3.63, 3.8) is 0 Å². The van der Waals surface area contributed by atoms with Gasteiger partial charge in [-0.2, -0.15) is 0 Å². The largest absolute Gasteiger partial charge is 0.497 e. The van der Waals surface area contributed by atoms with Crippen LogP contribution in [0.2, 0.25) is 0 Å². The van der Waals surface area contributed by atoms with E-state index in [0.717, 1.165) is 33.9 Å². The number of carbonyl (C=O) groups excluding carboxylic acids is 2. The molecule has 2 atom stereocenters. The Morgan fingerprint density at radius 2 is 1.45 bits per heavy atom. The Hall–Kier alpha value is -4.64. The minimum absolute atomic E-state index is 0.0158. The highest BCUT2D eigenvalue weighted by Crippen LogP contribution is 2.48. The van der Waals surface area contributed by atoms with E-state index >= 15 is 0 Å². The summed E-state index contributed by atoms with van der Waals surface area (Å²) >= 11 is 0. The highest BCUT2D eigenvalue weighted by atomic mass is 16.5. The summed E-state index contributed by atoms with van der Waals surface area (Å²) in [6.45, 7) is 6.55. The average Bonchev–Trinajstić information content (AvgIpc) is 3.15. The smallest absolute Gasteiger partial charge is 0.259 e. The van der Waals surface area contributed by atoms with Gasteiger partial charge in [-0.3, -0.25) is 14.5 Å². The van der Waals surface area contributed by atoms with Crippen LogP contribution in [0, 0.1) is 0 Å². The topological polar surface area (TPSA) is 58.6 Å². The molecule has 212 valence electrons. The van der Waals surface area contributed by atoms with Gasteiger partial charge in [-0.05, 0) is 70.8 Å². The van der Waals surface area contributed by atoms with Crippen LogP contribution in [0.3, 0.4) is 0 Å². The van der Waals surface area contributed by atoms with Crippen molar-refractivity contribution in [3.05, 3.63) is 137 Å². The van der Waals surface area contributed by atoms with Gasteiger partial charge in [0, 0.05) is 23.3 Å². The molecule has 2 aliphatic rings. The number of allylic oxidation sites excluding steroid dienone is 1. The summed E-state index contributed by atoms with van der Waals surface area (Å²) < 4.78 is 5.36. The Balaban J connectivity index is 1.53. The fourth-order valence-electron chi connectivity index (χ4n) is 6.13. The molecule has 0 spiro atoms. The molecule has 0 saturated carbocycles. The summed E-state index contributed by atoms with van der Waals surface area (Å²) in [6, 6.07) is 33.0. The van der Waals surface area contributed by atoms with Gasteiger partial charge in [-0.25, -0.2) is 0 Å². The normalized spacial score (nSPS) is 18.5. The van der Waals surface area contributed by atoms with E-state index < -0.39 is 6.04 Å². The van der Waals surface area contributed by atoms with E-state index in [9.17, 15) is 9.59 Å². The predicted molar refractivity (Wildman–Crippen MR) is 168 cm³/mol. The molecular formula is C37H36N2O3. The highest BCUT2D eigenvalue weighted by Gasteiger charge is 2.42. The minimum atomic E-state index is -0.581. The average molecular weight is 557 g/mol. The monoisotopic (exact) mass is 556 g/mol. The number of benzene rings is 4. The molecule has 0 aromatic heterocycles. The van der Waals surface area contributed by atoms with Crippen molar-refractivity contribution in [2.45, 2.75) is 51.0 Å². The van der Waals surface area contributed by atoms with Gasteiger partial charge in [0.2, 0.25) is 0 Å². The van der Waals surface area contributed by atoms with Gasteiger partial charge < -0.3 is 10.1 Å². The van der Waals surface area contributed by atoms with Crippen molar-refractivity contribution in [1.82, 2.24) is 0 Å². The molecule has 5 heteroatoms. The van der Waals surface area contributed by atoms with Gasteiger partial charge in [0.05, 0.1) is 24.5 Å². The van der Waals surface area contributed by atoms with Gasteiger partial charge in [-0.1, -0.05) is 87.5 Å². The predicted octanol–water partition coefficient (Wildman–Crippen LogP) is 8.21. The van der Waals surface area contributed by atoms with E-state index in [0.29, 0.717) is 24.0 Å². The van der Waals surface area contributed by atoms with Crippen molar-refractivity contribution in [1.29, 1.82) is 0 Å². The maximum atomic E-state index is 14.4. The number of nitrogens with one attached hydrogen (secondary N) is 1. The molecule has 1 amide bonds. The van der Waals surface area contributed by atoms with Gasteiger partial charge in [0.25, 0.3) is 5.91 Å². The second-order valence-corrected chi connectivity index (χ2v) is 12.2. The molecule has 5 nitrogen and oxygen atoms in total. The van der Waals surface area contributed by atoms with Gasteiger partial charge in [0.15, 0.2) is 5.78 Å². The molecule has 1 aliphatic carbocycles. The number of Topliss-reactive ketones (excluding diaryl/α,β-unsaturated/α-hetero) is 1. The van der Waals surface area contributed by atoms with Crippen molar-refractivity contribution in [3.8, 4) is 5.75 Å². The van der Waals surface area contributed by atoms with Crippen LogP contribution in [0.1, 0.15) is 72.6 Å². The molecule has 0 bridgehead atoms. The van der Waals surface area contributed by atoms with Crippen molar-refractivity contribution in [2.24, 2.45) is 0 Å². The van der Waals surface area contributed by atoms with E-state index in [1.165, 1.54) is 5.56 Å². The Morgan fingerprint density at radius 1 is 0.810 bits per heavy atom. The van der Waals surface area contributed by atoms with Gasteiger partial charge in [-0.15, -0.1) is 0 Å². The Bertz CT molecular complexity index is 1650. The van der Waals surface area contributed by atoms with E-state index in [1.54, 1.807) is 7.11 Å². The first-order valence-electron chi connectivity index (χ1n) is 14.5. The SMILES string of the molecule is COc1ccc(C2CC(=O)C3=C(C2)Nc2ccccc2N(C(=O)c2ccccc2)C3c2ccc(C(C)(C)C)cc2)cc1. The molecule has 42 heavy (non-hydrogen) atoms. The van der Waals surface area contributed by atoms with E-state index in [2.05, 4.69) is 50.4 Å². The number of amides is 1.